The van der Waals surface area contributed by atoms with E-state index in [1.807, 2.05) is 20.8 Å². The summed E-state index contributed by atoms with van der Waals surface area (Å²) in [6.45, 7) is 11.2. The molecular weight excluding hydrogens is 318 g/mol. The highest BCUT2D eigenvalue weighted by molar-refractivity contribution is 5.81. The Hall–Kier alpha value is -1.26. The lowest BCUT2D eigenvalue weighted by Crippen LogP contribution is -2.44. The maximum atomic E-state index is 12.4. The van der Waals surface area contributed by atoms with Crippen LogP contribution in [0.25, 0.3) is 0 Å². The summed E-state index contributed by atoms with van der Waals surface area (Å²) in [7, 11) is 1.63. The van der Waals surface area contributed by atoms with E-state index in [0.717, 1.165) is 38.5 Å². The fourth-order valence-electron chi connectivity index (χ4n) is 2.59. The molecule has 0 aliphatic rings. The quantitative estimate of drug-likeness (QED) is 0.343. The van der Waals surface area contributed by atoms with Crippen LogP contribution in [0.1, 0.15) is 79.6 Å². The van der Waals surface area contributed by atoms with E-state index in [0.29, 0.717) is 25.6 Å². The molecule has 0 aromatic heterocycles. The summed E-state index contributed by atoms with van der Waals surface area (Å²) >= 11 is 0. The first-order chi connectivity index (χ1) is 11.9. The van der Waals surface area contributed by atoms with Gasteiger partial charge in [0.2, 0.25) is 0 Å². The van der Waals surface area contributed by atoms with Crippen molar-refractivity contribution in [2.75, 3.05) is 20.3 Å². The molecule has 2 unspecified atom stereocenters. The lowest BCUT2D eigenvalue weighted by molar-refractivity contribution is -0.149. The van der Waals surface area contributed by atoms with Gasteiger partial charge in [0.05, 0.1) is 13.2 Å². The van der Waals surface area contributed by atoms with Crippen LogP contribution in [0, 0.1) is 11.8 Å². The van der Waals surface area contributed by atoms with Crippen molar-refractivity contribution in [1.82, 2.24) is 4.90 Å². The predicted molar refractivity (Wildman–Crippen MR) is 102 cm³/mol. The molecule has 0 saturated carbocycles. The van der Waals surface area contributed by atoms with Crippen molar-refractivity contribution in [3.8, 4) is 0 Å². The average Bonchev–Trinajstić information content (AvgIpc) is 2.58. The molecule has 0 aromatic rings. The third kappa shape index (κ3) is 10.4. The second-order valence-corrected chi connectivity index (χ2v) is 7.27. The lowest BCUT2D eigenvalue weighted by atomic mass is 10.0. The molecule has 0 aliphatic carbocycles. The summed E-state index contributed by atoms with van der Waals surface area (Å²) < 4.78 is 10.8. The minimum Gasteiger partial charge on any atom is -0.464 e. The highest BCUT2D eigenvalue weighted by atomic mass is 16.6. The minimum atomic E-state index is -0.583. The Morgan fingerprint density at radius 2 is 1.64 bits per heavy atom. The highest BCUT2D eigenvalue weighted by Crippen LogP contribution is 2.16. The van der Waals surface area contributed by atoms with Gasteiger partial charge in [-0.1, -0.05) is 60.3 Å². The molecule has 0 N–H and O–H groups in total. The highest BCUT2D eigenvalue weighted by Gasteiger charge is 2.30. The van der Waals surface area contributed by atoms with Gasteiger partial charge in [-0.3, -0.25) is 4.90 Å². The van der Waals surface area contributed by atoms with E-state index < -0.39 is 12.1 Å². The summed E-state index contributed by atoms with van der Waals surface area (Å²) in [4.78, 5) is 26.2. The SMILES string of the molecule is CCCCOC(=O)C(CC(C)C)N(C)C(=O)OCC(CC)CCCC. The lowest BCUT2D eigenvalue weighted by Gasteiger charge is -2.28. The zero-order chi connectivity index (χ0) is 19.2. The fourth-order valence-corrected chi connectivity index (χ4v) is 2.59. The minimum absolute atomic E-state index is 0.284. The van der Waals surface area contributed by atoms with E-state index in [9.17, 15) is 9.59 Å². The zero-order valence-corrected chi connectivity index (χ0v) is 17.2. The first-order valence-electron chi connectivity index (χ1n) is 9.93. The first kappa shape index (κ1) is 23.7. The van der Waals surface area contributed by atoms with Crippen LogP contribution in [0.3, 0.4) is 0 Å². The summed E-state index contributed by atoms with van der Waals surface area (Å²) in [5, 5.41) is 0. The molecule has 0 aliphatic heterocycles. The Bertz CT molecular complexity index is 371. The standard InChI is InChI=1S/C20H39NO4/c1-7-10-12-17(9-3)15-25-20(23)21(6)18(14-16(4)5)19(22)24-13-11-8-2/h16-18H,7-15H2,1-6H3. The molecule has 148 valence electrons. The van der Waals surface area contributed by atoms with Crippen LogP contribution < -0.4 is 0 Å². The largest absolute Gasteiger partial charge is 0.464 e. The van der Waals surface area contributed by atoms with Gasteiger partial charge in [-0.15, -0.1) is 0 Å². The van der Waals surface area contributed by atoms with E-state index >= 15 is 0 Å². The molecule has 0 radical (unpaired) electrons. The van der Waals surface area contributed by atoms with Crippen LogP contribution >= 0.6 is 0 Å². The van der Waals surface area contributed by atoms with Crippen molar-refractivity contribution in [1.29, 1.82) is 0 Å². The topological polar surface area (TPSA) is 55.8 Å². The Morgan fingerprint density at radius 1 is 1.00 bits per heavy atom. The van der Waals surface area contributed by atoms with Crippen molar-refractivity contribution >= 4 is 12.1 Å². The van der Waals surface area contributed by atoms with E-state index in [1.54, 1.807) is 7.05 Å². The van der Waals surface area contributed by atoms with Crippen molar-refractivity contribution in [3.63, 3.8) is 0 Å². The summed E-state index contributed by atoms with van der Waals surface area (Å²) in [5.41, 5.74) is 0. The number of unbranched alkanes of at least 4 members (excludes halogenated alkanes) is 2. The number of esters is 1. The van der Waals surface area contributed by atoms with Crippen molar-refractivity contribution in [2.24, 2.45) is 11.8 Å². The summed E-state index contributed by atoms with van der Waals surface area (Å²) in [6.07, 6.45) is 6.29. The zero-order valence-electron chi connectivity index (χ0n) is 17.2. The summed E-state index contributed by atoms with van der Waals surface area (Å²) in [6, 6.07) is -0.583. The van der Waals surface area contributed by atoms with Crippen LogP contribution in [0.5, 0.6) is 0 Å². The van der Waals surface area contributed by atoms with Gasteiger partial charge in [-0.05, 0) is 31.1 Å². The molecular formula is C20H39NO4. The van der Waals surface area contributed by atoms with E-state index in [4.69, 9.17) is 9.47 Å². The third-order valence-electron chi connectivity index (χ3n) is 4.45. The fraction of sp³-hybridized carbons (Fsp3) is 0.900. The van der Waals surface area contributed by atoms with Gasteiger partial charge in [0, 0.05) is 7.05 Å². The van der Waals surface area contributed by atoms with E-state index in [-0.39, 0.29) is 11.9 Å². The van der Waals surface area contributed by atoms with Gasteiger partial charge in [0.1, 0.15) is 6.04 Å². The number of hydrogen-bond donors (Lipinski definition) is 0. The first-order valence-corrected chi connectivity index (χ1v) is 9.93. The average molecular weight is 358 g/mol. The van der Waals surface area contributed by atoms with Crippen LogP contribution in [0.15, 0.2) is 0 Å². The third-order valence-corrected chi connectivity index (χ3v) is 4.45. The number of nitrogens with zero attached hydrogens (tertiary/aromatic N) is 1. The van der Waals surface area contributed by atoms with E-state index in [1.165, 1.54) is 4.90 Å². The molecule has 25 heavy (non-hydrogen) atoms. The monoisotopic (exact) mass is 357 g/mol. The Kier molecular flexibility index (Phi) is 13.3. The molecule has 0 aromatic carbocycles. The molecule has 5 heteroatoms. The van der Waals surface area contributed by atoms with Gasteiger partial charge >= 0.3 is 12.1 Å². The van der Waals surface area contributed by atoms with Crippen LogP contribution in [0.4, 0.5) is 4.79 Å². The molecule has 0 fully saturated rings. The van der Waals surface area contributed by atoms with Crippen LogP contribution in [-0.2, 0) is 14.3 Å². The van der Waals surface area contributed by atoms with Crippen molar-refractivity contribution in [3.05, 3.63) is 0 Å². The molecule has 0 bridgehead atoms. The molecule has 0 rings (SSSR count). The van der Waals surface area contributed by atoms with Crippen LogP contribution in [0.2, 0.25) is 0 Å². The molecule has 2 atom stereocenters. The Morgan fingerprint density at radius 3 is 2.16 bits per heavy atom. The van der Waals surface area contributed by atoms with Gasteiger partial charge in [-0.2, -0.15) is 0 Å². The van der Waals surface area contributed by atoms with E-state index in [2.05, 4.69) is 13.8 Å². The van der Waals surface area contributed by atoms with Gasteiger partial charge < -0.3 is 9.47 Å². The number of carbonyl (C=O) groups excluding carboxylic acids is 2. The predicted octanol–water partition coefficient (Wildman–Crippen LogP) is 5.03. The van der Waals surface area contributed by atoms with Gasteiger partial charge in [0.25, 0.3) is 0 Å². The van der Waals surface area contributed by atoms with Crippen molar-refractivity contribution in [2.45, 2.75) is 85.6 Å². The second kappa shape index (κ2) is 14.0. The normalized spacial score (nSPS) is 13.4. The number of rotatable bonds is 13. The molecule has 1 amide bonds. The van der Waals surface area contributed by atoms with Crippen LogP contribution in [-0.4, -0.2) is 43.3 Å². The summed E-state index contributed by atoms with van der Waals surface area (Å²) in [5.74, 6) is 0.337. The molecule has 0 saturated heterocycles. The molecule has 0 spiro atoms. The Balaban J connectivity index is 4.66. The van der Waals surface area contributed by atoms with Gasteiger partial charge in [-0.25, -0.2) is 9.59 Å². The number of hydrogen-bond acceptors (Lipinski definition) is 4. The smallest absolute Gasteiger partial charge is 0.410 e. The maximum absolute atomic E-state index is 12.4. The van der Waals surface area contributed by atoms with Gasteiger partial charge in [0.15, 0.2) is 0 Å². The number of amides is 1. The maximum Gasteiger partial charge on any atom is 0.410 e. The number of likely N-dealkylation sites (N-methyl/N-ethyl adjacent to an activating group) is 1. The Labute approximate surface area is 154 Å². The molecule has 0 heterocycles. The second-order valence-electron chi connectivity index (χ2n) is 7.27. The molecule has 5 nitrogen and oxygen atoms in total. The number of ether oxygens (including phenoxy) is 2. The number of carbonyl (C=O) groups is 2. The van der Waals surface area contributed by atoms with Crippen molar-refractivity contribution < 1.29 is 19.1 Å².